The first-order valence-electron chi connectivity index (χ1n) is 4.97. The third-order valence-corrected chi connectivity index (χ3v) is 2.43. The molecule has 1 aromatic rings. The zero-order valence-electron chi connectivity index (χ0n) is 9.56. The molecule has 3 N–H and O–H groups in total. The first-order chi connectivity index (χ1) is 7.23. The van der Waals surface area contributed by atoms with Gasteiger partial charge in [-0.3, -0.25) is 0 Å². The van der Waals surface area contributed by atoms with Crippen molar-refractivity contribution >= 4 is 18.6 Å². The Morgan fingerprint density at radius 3 is 2.19 bits per heavy atom. The van der Waals surface area contributed by atoms with Crippen LogP contribution in [0.5, 0.6) is 0 Å². The van der Waals surface area contributed by atoms with Crippen molar-refractivity contribution in [3.8, 4) is 0 Å². The van der Waals surface area contributed by atoms with E-state index < -0.39 is 13.1 Å². The molecule has 86 valence electrons. The molecule has 0 radical (unpaired) electrons. The maximum Gasteiger partial charge on any atom is 0.489 e. The van der Waals surface area contributed by atoms with Gasteiger partial charge in [0.2, 0.25) is 0 Å². The van der Waals surface area contributed by atoms with Gasteiger partial charge in [-0.05, 0) is 22.5 Å². The van der Waals surface area contributed by atoms with Crippen LogP contribution >= 0.6 is 0 Å². The van der Waals surface area contributed by atoms with E-state index in [9.17, 15) is 4.79 Å². The van der Waals surface area contributed by atoms with Gasteiger partial charge in [-0.1, -0.05) is 32.9 Å². The Kier molecular flexibility index (Phi) is 3.40. The van der Waals surface area contributed by atoms with Crippen molar-refractivity contribution in [2.75, 3.05) is 0 Å². The van der Waals surface area contributed by atoms with Crippen LogP contribution in [0.4, 0.5) is 0 Å². The molecule has 4 nitrogen and oxygen atoms in total. The van der Waals surface area contributed by atoms with Crippen LogP contribution < -0.4 is 5.46 Å². The predicted octanol–water partition coefficient (Wildman–Crippen LogP) is 0.362. The van der Waals surface area contributed by atoms with Gasteiger partial charge in [-0.25, -0.2) is 4.79 Å². The van der Waals surface area contributed by atoms with Crippen LogP contribution in [0.15, 0.2) is 18.2 Å². The summed E-state index contributed by atoms with van der Waals surface area (Å²) in [6.45, 7) is 5.88. The smallest absolute Gasteiger partial charge is 0.478 e. The molecule has 0 heterocycles. The van der Waals surface area contributed by atoms with E-state index in [0.29, 0.717) is 0 Å². The Morgan fingerprint density at radius 1 is 1.25 bits per heavy atom. The van der Waals surface area contributed by atoms with E-state index in [0.717, 1.165) is 5.56 Å². The predicted molar refractivity (Wildman–Crippen MR) is 61.9 cm³/mol. The fourth-order valence-corrected chi connectivity index (χ4v) is 1.43. The molecule has 0 spiro atoms. The van der Waals surface area contributed by atoms with Gasteiger partial charge in [0.05, 0.1) is 5.56 Å². The molecule has 5 heteroatoms. The Bertz CT molecular complexity index is 407. The maximum atomic E-state index is 11.0. The summed E-state index contributed by atoms with van der Waals surface area (Å²) in [4.78, 5) is 11.0. The van der Waals surface area contributed by atoms with Crippen molar-refractivity contribution in [2.24, 2.45) is 0 Å². The lowest BCUT2D eigenvalue weighted by Gasteiger charge is -2.20. The first kappa shape index (κ1) is 12.7. The zero-order valence-corrected chi connectivity index (χ0v) is 9.56. The van der Waals surface area contributed by atoms with Crippen LogP contribution in [0.3, 0.4) is 0 Å². The molecule has 0 aliphatic heterocycles. The van der Waals surface area contributed by atoms with Gasteiger partial charge in [0, 0.05) is 0 Å². The molecule has 0 amide bonds. The summed E-state index contributed by atoms with van der Waals surface area (Å²) >= 11 is 0. The van der Waals surface area contributed by atoms with Gasteiger partial charge in [-0.15, -0.1) is 0 Å². The number of aromatic carboxylic acids is 1. The van der Waals surface area contributed by atoms with Crippen LogP contribution in [0.2, 0.25) is 0 Å². The van der Waals surface area contributed by atoms with E-state index in [4.69, 9.17) is 15.2 Å². The second kappa shape index (κ2) is 4.27. The van der Waals surface area contributed by atoms with E-state index in [-0.39, 0.29) is 16.4 Å². The lowest BCUT2D eigenvalue weighted by atomic mass is 9.74. The highest BCUT2D eigenvalue weighted by atomic mass is 16.4. The number of carboxylic acid groups (broad SMARTS) is 1. The Balaban J connectivity index is 3.34. The standard InChI is InChI=1S/C11H15BO4/c1-11(2,3)7-4-5-9(12(15)16)8(6-7)10(13)14/h4-6,15-16H,1-3H3,(H,13,14). The maximum absolute atomic E-state index is 11.0. The summed E-state index contributed by atoms with van der Waals surface area (Å²) in [7, 11) is -1.76. The number of hydrogen-bond acceptors (Lipinski definition) is 3. The lowest BCUT2D eigenvalue weighted by Crippen LogP contribution is -2.35. The number of carbonyl (C=O) groups is 1. The molecule has 0 aromatic heterocycles. The minimum atomic E-state index is -1.76. The van der Waals surface area contributed by atoms with E-state index in [1.165, 1.54) is 12.1 Å². The quantitative estimate of drug-likeness (QED) is 0.631. The number of benzene rings is 1. The average molecular weight is 222 g/mol. The molecule has 0 bridgehead atoms. The van der Waals surface area contributed by atoms with Gasteiger partial charge < -0.3 is 15.2 Å². The molecule has 0 aliphatic rings. The third kappa shape index (κ3) is 2.62. The number of rotatable bonds is 2. The van der Waals surface area contributed by atoms with Gasteiger partial charge >= 0.3 is 13.1 Å². The number of hydrogen-bond donors (Lipinski definition) is 3. The van der Waals surface area contributed by atoms with Gasteiger partial charge in [-0.2, -0.15) is 0 Å². The summed E-state index contributed by atoms with van der Waals surface area (Å²) in [5, 5.41) is 27.1. The highest BCUT2D eigenvalue weighted by Gasteiger charge is 2.23. The molecule has 1 aromatic carbocycles. The molecule has 0 unspecified atom stereocenters. The summed E-state index contributed by atoms with van der Waals surface area (Å²) in [5.74, 6) is -1.16. The summed E-state index contributed by atoms with van der Waals surface area (Å²) in [5.41, 5.74) is 0.612. The van der Waals surface area contributed by atoms with Crippen molar-refractivity contribution in [3.63, 3.8) is 0 Å². The highest BCUT2D eigenvalue weighted by Crippen LogP contribution is 2.22. The Labute approximate surface area is 94.7 Å². The molecule has 16 heavy (non-hydrogen) atoms. The van der Waals surface area contributed by atoms with E-state index in [1.807, 2.05) is 20.8 Å². The van der Waals surface area contributed by atoms with Crippen LogP contribution in [-0.4, -0.2) is 28.2 Å². The van der Waals surface area contributed by atoms with Crippen LogP contribution in [0.1, 0.15) is 36.7 Å². The number of carboxylic acids is 1. The fraction of sp³-hybridized carbons (Fsp3) is 0.364. The minimum Gasteiger partial charge on any atom is -0.478 e. The molecular weight excluding hydrogens is 207 g/mol. The second-order valence-corrected chi connectivity index (χ2v) is 4.73. The molecule has 1 rings (SSSR count). The van der Waals surface area contributed by atoms with Crippen molar-refractivity contribution < 1.29 is 19.9 Å². The molecular formula is C11H15BO4. The van der Waals surface area contributed by atoms with Crippen LogP contribution in [-0.2, 0) is 5.41 Å². The highest BCUT2D eigenvalue weighted by molar-refractivity contribution is 6.60. The van der Waals surface area contributed by atoms with E-state index in [1.54, 1.807) is 6.07 Å². The van der Waals surface area contributed by atoms with Gasteiger partial charge in [0.25, 0.3) is 0 Å². The topological polar surface area (TPSA) is 77.8 Å². The van der Waals surface area contributed by atoms with Gasteiger partial charge in [0.15, 0.2) is 0 Å². The minimum absolute atomic E-state index is 0.0144. The molecule has 0 fully saturated rings. The molecule has 0 atom stereocenters. The summed E-state index contributed by atoms with van der Waals surface area (Å²) in [6.07, 6.45) is 0. The molecule has 0 saturated carbocycles. The van der Waals surface area contributed by atoms with E-state index in [2.05, 4.69) is 0 Å². The van der Waals surface area contributed by atoms with E-state index >= 15 is 0 Å². The van der Waals surface area contributed by atoms with Gasteiger partial charge in [0.1, 0.15) is 0 Å². The fourth-order valence-electron chi connectivity index (χ4n) is 1.43. The molecule has 0 saturated heterocycles. The monoisotopic (exact) mass is 222 g/mol. The van der Waals surface area contributed by atoms with Crippen molar-refractivity contribution in [1.29, 1.82) is 0 Å². The summed E-state index contributed by atoms with van der Waals surface area (Å²) < 4.78 is 0. The van der Waals surface area contributed by atoms with Crippen LogP contribution in [0, 0.1) is 0 Å². The zero-order chi connectivity index (χ0) is 12.5. The lowest BCUT2D eigenvalue weighted by molar-refractivity contribution is 0.0697. The average Bonchev–Trinajstić information content (AvgIpc) is 2.15. The summed E-state index contributed by atoms with van der Waals surface area (Å²) in [6, 6.07) is 4.63. The Morgan fingerprint density at radius 2 is 1.81 bits per heavy atom. The van der Waals surface area contributed by atoms with Crippen molar-refractivity contribution in [3.05, 3.63) is 29.3 Å². The first-order valence-corrected chi connectivity index (χ1v) is 4.97. The normalized spacial score (nSPS) is 11.3. The largest absolute Gasteiger partial charge is 0.489 e. The molecule has 0 aliphatic carbocycles. The third-order valence-electron chi connectivity index (χ3n) is 2.43. The second-order valence-electron chi connectivity index (χ2n) is 4.73. The van der Waals surface area contributed by atoms with Crippen molar-refractivity contribution in [1.82, 2.24) is 0 Å². The van der Waals surface area contributed by atoms with Crippen LogP contribution in [0.25, 0.3) is 0 Å². The Hall–Kier alpha value is -1.33. The SMILES string of the molecule is CC(C)(C)c1ccc(B(O)O)c(C(=O)O)c1. The van der Waals surface area contributed by atoms with Crippen molar-refractivity contribution in [2.45, 2.75) is 26.2 Å².